The van der Waals surface area contributed by atoms with Gasteiger partial charge in [-0.15, -0.1) is 0 Å². The number of fused-ring (bicyclic) bond motifs is 10. The van der Waals surface area contributed by atoms with Gasteiger partial charge in [0.1, 0.15) is 5.52 Å². The number of rotatable bonds is 6. The van der Waals surface area contributed by atoms with Gasteiger partial charge in [-0.25, -0.2) is 15.0 Å². The smallest absolute Gasteiger partial charge is 0.220 e. The Morgan fingerprint density at radius 3 is 1.42 bits per heavy atom. The summed E-state index contributed by atoms with van der Waals surface area (Å²) in [7, 11) is 0. The molecule has 8 aromatic carbocycles. The molecule has 0 aliphatic carbocycles. The molecule has 0 aliphatic heterocycles. The maximum absolute atomic E-state index is 5.50. The second-order valence-electron chi connectivity index (χ2n) is 15.8. The molecule has 0 bridgehead atoms. The van der Waals surface area contributed by atoms with Gasteiger partial charge in [0.2, 0.25) is 11.6 Å². The Labute approximate surface area is 355 Å². The Bertz CT molecular complexity index is 3820. The van der Waals surface area contributed by atoms with Crippen LogP contribution in [-0.2, 0) is 0 Å². The second kappa shape index (κ2) is 13.5. The van der Waals surface area contributed by atoms with Gasteiger partial charge in [-0.05, 0) is 89.0 Å². The van der Waals surface area contributed by atoms with Crippen molar-refractivity contribution in [3.05, 3.63) is 212 Å². The van der Waals surface area contributed by atoms with E-state index in [4.69, 9.17) is 15.0 Å². The number of aromatic nitrogens is 7. The minimum atomic E-state index is 0.825. The predicted octanol–water partition coefficient (Wildman–Crippen LogP) is 13.2. The summed E-state index contributed by atoms with van der Waals surface area (Å²) in [6, 6.07) is 74.8. The summed E-state index contributed by atoms with van der Waals surface area (Å²) >= 11 is 0. The van der Waals surface area contributed by atoms with Crippen LogP contribution in [0.2, 0.25) is 0 Å². The monoisotopic (exact) mass is 793 g/mol. The van der Waals surface area contributed by atoms with Gasteiger partial charge < -0.3 is 0 Å². The number of para-hydroxylation sites is 3. The molecule has 5 aromatic heterocycles. The van der Waals surface area contributed by atoms with Crippen molar-refractivity contribution >= 4 is 55.7 Å². The predicted molar refractivity (Wildman–Crippen MR) is 252 cm³/mol. The molecule has 5 heterocycles. The van der Waals surface area contributed by atoms with Crippen molar-refractivity contribution in [2.24, 2.45) is 0 Å². The van der Waals surface area contributed by atoms with Crippen LogP contribution in [0.4, 0.5) is 0 Å². The van der Waals surface area contributed by atoms with E-state index in [-0.39, 0.29) is 0 Å². The number of nitrogens with zero attached hydrogens (tertiary/aromatic N) is 7. The molecule has 0 fully saturated rings. The van der Waals surface area contributed by atoms with Gasteiger partial charge in [0.05, 0.1) is 50.0 Å². The van der Waals surface area contributed by atoms with Crippen LogP contribution in [0.3, 0.4) is 0 Å². The average Bonchev–Trinajstić information content (AvgIpc) is 4.09. The molecule has 13 rings (SSSR count). The van der Waals surface area contributed by atoms with Gasteiger partial charge >= 0.3 is 0 Å². The van der Waals surface area contributed by atoms with Crippen LogP contribution in [-0.4, -0.2) is 32.9 Å². The minimum Gasteiger partial charge on any atom is -0.278 e. The minimum absolute atomic E-state index is 0.825. The van der Waals surface area contributed by atoms with Crippen LogP contribution in [0.25, 0.3) is 112 Å². The third kappa shape index (κ3) is 5.22. The number of pyridine rings is 1. The van der Waals surface area contributed by atoms with E-state index in [2.05, 4.69) is 218 Å². The van der Waals surface area contributed by atoms with Crippen LogP contribution >= 0.6 is 0 Å². The highest BCUT2D eigenvalue weighted by molar-refractivity contribution is 6.01. The highest BCUT2D eigenvalue weighted by atomic mass is 15.2. The Balaban J connectivity index is 1.08. The third-order valence-electron chi connectivity index (χ3n) is 12.2. The van der Waals surface area contributed by atoms with Crippen LogP contribution in [0.15, 0.2) is 212 Å². The molecule has 0 N–H and O–H groups in total. The number of hydrogen-bond donors (Lipinski definition) is 0. The molecule has 0 amide bonds. The fourth-order valence-electron chi connectivity index (χ4n) is 9.28. The summed E-state index contributed by atoms with van der Waals surface area (Å²) in [5.74, 6) is 1.71. The Morgan fingerprint density at radius 1 is 0.290 bits per heavy atom. The van der Waals surface area contributed by atoms with E-state index >= 15 is 0 Å². The fourth-order valence-corrected chi connectivity index (χ4v) is 9.28. The zero-order chi connectivity index (χ0) is 40.7. The molecule has 0 unspecified atom stereocenters. The van der Waals surface area contributed by atoms with E-state index in [1.807, 2.05) is 12.1 Å². The summed E-state index contributed by atoms with van der Waals surface area (Å²) < 4.78 is 9.16. The quantitative estimate of drug-likeness (QED) is 0.168. The van der Waals surface area contributed by atoms with Crippen LogP contribution in [0, 0.1) is 0 Å². The summed E-state index contributed by atoms with van der Waals surface area (Å²) in [5, 5.41) is 0. The first kappa shape index (κ1) is 34.3. The zero-order valence-electron chi connectivity index (χ0n) is 33.3. The van der Waals surface area contributed by atoms with Gasteiger partial charge in [-0.3, -0.25) is 17.9 Å². The molecule has 62 heavy (non-hydrogen) atoms. The average molecular weight is 794 g/mol. The first-order chi connectivity index (χ1) is 30.7. The van der Waals surface area contributed by atoms with E-state index in [1.165, 1.54) is 5.56 Å². The van der Waals surface area contributed by atoms with Gasteiger partial charge in [0.15, 0.2) is 0 Å². The lowest BCUT2D eigenvalue weighted by molar-refractivity contribution is 1.11. The Kier molecular flexibility index (Phi) is 7.47. The van der Waals surface area contributed by atoms with Crippen molar-refractivity contribution in [1.29, 1.82) is 0 Å². The molecule has 7 nitrogen and oxygen atoms in total. The van der Waals surface area contributed by atoms with Crippen LogP contribution < -0.4 is 0 Å². The van der Waals surface area contributed by atoms with E-state index in [0.29, 0.717) is 0 Å². The van der Waals surface area contributed by atoms with E-state index in [0.717, 1.165) is 106 Å². The number of imidazole rings is 4. The van der Waals surface area contributed by atoms with Crippen molar-refractivity contribution in [2.75, 3.05) is 0 Å². The summed E-state index contributed by atoms with van der Waals surface area (Å²) in [4.78, 5) is 16.0. The molecule has 0 aliphatic rings. The Hall–Kier alpha value is -8.55. The first-order valence-corrected chi connectivity index (χ1v) is 20.9. The molecule has 0 spiro atoms. The molecule has 290 valence electrons. The fraction of sp³-hybridized carbons (Fsp3) is 0. The van der Waals surface area contributed by atoms with Crippen molar-refractivity contribution in [3.63, 3.8) is 0 Å². The number of benzene rings is 8. The largest absolute Gasteiger partial charge is 0.278 e. The molecule has 0 saturated carbocycles. The summed E-state index contributed by atoms with van der Waals surface area (Å²) in [6.07, 6.45) is 0. The highest BCUT2D eigenvalue weighted by Crippen LogP contribution is 2.39. The molecule has 0 atom stereocenters. The maximum atomic E-state index is 5.50. The van der Waals surface area contributed by atoms with Crippen LogP contribution in [0.1, 0.15) is 0 Å². The first-order valence-electron chi connectivity index (χ1n) is 20.9. The van der Waals surface area contributed by atoms with E-state index in [9.17, 15) is 0 Å². The molecular formula is C55H35N7. The van der Waals surface area contributed by atoms with Gasteiger partial charge in [-0.1, -0.05) is 146 Å². The molecule has 0 saturated heterocycles. The number of hydrogen-bond acceptors (Lipinski definition) is 3. The highest BCUT2D eigenvalue weighted by Gasteiger charge is 2.23. The molecular weight excluding hydrogens is 759 g/mol. The lowest BCUT2D eigenvalue weighted by Gasteiger charge is -2.10. The normalized spacial score (nSPS) is 11.9. The summed E-state index contributed by atoms with van der Waals surface area (Å²) in [6.45, 7) is 0. The van der Waals surface area contributed by atoms with Gasteiger partial charge in [0.25, 0.3) is 0 Å². The Morgan fingerprint density at radius 2 is 0.774 bits per heavy atom. The summed E-state index contributed by atoms with van der Waals surface area (Å²) in [5.41, 5.74) is 18.7. The van der Waals surface area contributed by atoms with Crippen molar-refractivity contribution < 1.29 is 0 Å². The van der Waals surface area contributed by atoms with Gasteiger partial charge in [-0.2, -0.15) is 0 Å². The SMILES string of the molecule is c1ccc(-c2ccc(-n3c4ccc(-c5ccc6c(c5)n5c7ccccc7nc5n6-c5ccccc5)cc4n4c5cc(-c6ccccc6)nc(-c6ccccc6)c5nc34)cc2)cc1. The molecule has 13 aromatic rings. The maximum Gasteiger partial charge on any atom is 0.220 e. The molecule has 7 heteroatoms. The van der Waals surface area contributed by atoms with Crippen molar-refractivity contribution in [1.82, 2.24) is 32.9 Å². The zero-order valence-corrected chi connectivity index (χ0v) is 33.3. The topological polar surface area (TPSA) is 57.4 Å². The van der Waals surface area contributed by atoms with Gasteiger partial charge in [0, 0.05) is 22.5 Å². The van der Waals surface area contributed by atoms with E-state index in [1.54, 1.807) is 0 Å². The van der Waals surface area contributed by atoms with Crippen molar-refractivity contribution in [3.8, 4) is 56.1 Å². The second-order valence-corrected chi connectivity index (χ2v) is 15.8. The third-order valence-corrected chi connectivity index (χ3v) is 12.2. The lowest BCUT2D eigenvalue weighted by Crippen LogP contribution is -1.95. The molecule has 0 radical (unpaired) electrons. The van der Waals surface area contributed by atoms with E-state index < -0.39 is 0 Å². The lowest BCUT2D eigenvalue weighted by atomic mass is 10.0. The van der Waals surface area contributed by atoms with Crippen molar-refractivity contribution in [2.45, 2.75) is 0 Å². The van der Waals surface area contributed by atoms with Crippen LogP contribution in [0.5, 0.6) is 0 Å². The standard InChI is InChI=1S/C55H35N7/c1-5-15-36(16-6-1)37-25-29-43(30-26-37)60-48-32-28-41(40-27-31-47-49(33-40)61-46-24-14-13-23-44(46)57-54(61)59(47)42-21-11-4-12-22-42)34-50(48)62-51-35-45(38-17-7-2-8-18-38)56-52(53(51)58-55(60)62)39-19-9-3-10-20-39/h1-35H.